The number of amides is 1. The Hall–Kier alpha value is -3.19. The first-order valence-corrected chi connectivity index (χ1v) is 8.59. The van der Waals surface area contributed by atoms with Gasteiger partial charge in [-0.1, -0.05) is 12.1 Å². The van der Waals surface area contributed by atoms with Gasteiger partial charge in [0.25, 0.3) is 5.91 Å². The summed E-state index contributed by atoms with van der Waals surface area (Å²) in [5.41, 5.74) is 9.73. The van der Waals surface area contributed by atoms with Crippen molar-refractivity contribution in [2.75, 3.05) is 11.9 Å². The van der Waals surface area contributed by atoms with Crippen molar-refractivity contribution < 1.29 is 4.79 Å². The molecule has 5 N–H and O–H groups in total. The van der Waals surface area contributed by atoms with Crippen molar-refractivity contribution >= 4 is 33.7 Å². The quantitative estimate of drug-likeness (QED) is 0.444. The van der Waals surface area contributed by atoms with Crippen LogP contribution in [0.25, 0.3) is 21.9 Å². The maximum absolute atomic E-state index is 12.7. The molecule has 4 rings (SSSR count). The fourth-order valence-corrected chi connectivity index (χ4v) is 3.11. The molecule has 132 valence electrons. The summed E-state index contributed by atoms with van der Waals surface area (Å²) in [7, 11) is 0. The van der Waals surface area contributed by atoms with E-state index in [1.54, 1.807) is 6.07 Å². The number of anilines is 1. The molecule has 2 aromatic heterocycles. The van der Waals surface area contributed by atoms with Crippen LogP contribution in [-0.2, 0) is 6.42 Å². The highest BCUT2D eigenvalue weighted by molar-refractivity contribution is 6.09. The topological polar surface area (TPSA) is 112 Å². The van der Waals surface area contributed by atoms with Crippen LogP contribution < -0.4 is 11.1 Å². The number of nitrogens with zero attached hydrogens (tertiary/aromatic N) is 2. The van der Waals surface area contributed by atoms with Crippen molar-refractivity contribution in [2.24, 2.45) is 5.73 Å². The van der Waals surface area contributed by atoms with Crippen molar-refractivity contribution in [3.05, 3.63) is 53.3 Å². The number of imidazole rings is 1. The minimum absolute atomic E-state index is 0.207. The molecule has 1 amide bonds. The number of fused-ring (bicyclic) bond motifs is 2. The molecule has 0 aliphatic rings. The van der Waals surface area contributed by atoms with Crippen LogP contribution in [0.4, 0.5) is 5.82 Å². The molecular formula is C19H20N6O. The Morgan fingerprint density at radius 1 is 1.23 bits per heavy atom. The number of aryl methyl sites for hydroxylation is 2. The largest absolute Gasteiger partial charge is 0.342 e. The lowest BCUT2D eigenvalue weighted by atomic mass is 10.1. The van der Waals surface area contributed by atoms with Gasteiger partial charge in [-0.2, -0.15) is 5.10 Å². The zero-order valence-corrected chi connectivity index (χ0v) is 14.5. The molecule has 0 aliphatic carbocycles. The normalized spacial score (nSPS) is 11.3. The Bertz CT molecular complexity index is 1090. The number of hydrogen-bond donors (Lipinski definition) is 4. The van der Waals surface area contributed by atoms with Gasteiger partial charge in [0.1, 0.15) is 5.82 Å². The summed E-state index contributed by atoms with van der Waals surface area (Å²) >= 11 is 0. The third kappa shape index (κ3) is 2.93. The van der Waals surface area contributed by atoms with Crippen LogP contribution in [-0.4, -0.2) is 32.6 Å². The molecular weight excluding hydrogens is 328 g/mol. The molecule has 0 unspecified atom stereocenters. The molecule has 0 atom stereocenters. The van der Waals surface area contributed by atoms with Crippen LogP contribution >= 0.6 is 0 Å². The van der Waals surface area contributed by atoms with Gasteiger partial charge < -0.3 is 16.0 Å². The van der Waals surface area contributed by atoms with Crippen molar-refractivity contribution in [1.29, 1.82) is 0 Å². The summed E-state index contributed by atoms with van der Waals surface area (Å²) < 4.78 is 0. The van der Waals surface area contributed by atoms with Gasteiger partial charge in [0.2, 0.25) is 0 Å². The smallest absolute Gasteiger partial charge is 0.256 e. The fraction of sp³-hybridized carbons (Fsp3) is 0.211. The molecule has 0 fully saturated rings. The number of benzene rings is 2. The van der Waals surface area contributed by atoms with Gasteiger partial charge in [0, 0.05) is 17.4 Å². The lowest BCUT2D eigenvalue weighted by Crippen LogP contribution is -2.12. The molecule has 4 aromatic rings. The minimum Gasteiger partial charge on any atom is -0.342 e. The second kappa shape index (κ2) is 6.61. The highest BCUT2D eigenvalue weighted by Crippen LogP contribution is 2.24. The molecule has 7 heteroatoms. The summed E-state index contributed by atoms with van der Waals surface area (Å²) in [6.07, 6.45) is 1.67. The summed E-state index contributed by atoms with van der Waals surface area (Å²) in [5.74, 6) is 1.22. The number of nitrogens with one attached hydrogen (secondary N) is 3. The number of aromatic amines is 2. The van der Waals surface area contributed by atoms with Crippen LogP contribution in [0.3, 0.4) is 0 Å². The van der Waals surface area contributed by atoms with Gasteiger partial charge in [0.05, 0.1) is 16.6 Å². The van der Waals surface area contributed by atoms with E-state index in [0.717, 1.165) is 46.2 Å². The molecule has 2 aromatic carbocycles. The summed E-state index contributed by atoms with van der Waals surface area (Å²) in [4.78, 5) is 20.4. The monoisotopic (exact) mass is 348 g/mol. The second-order valence-electron chi connectivity index (χ2n) is 6.33. The third-order valence-electron chi connectivity index (χ3n) is 4.44. The van der Waals surface area contributed by atoms with E-state index in [4.69, 9.17) is 5.73 Å². The van der Waals surface area contributed by atoms with Crippen molar-refractivity contribution in [2.45, 2.75) is 19.8 Å². The van der Waals surface area contributed by atoms with Crippen LogP contribution in [0, 0.1) is 6.92 Å². The number of carbonyl (C=O) groups excluding carboxylic acids is 1. The Balaban J connectivity index is 1.61. The Morgan fingerprint density at radius 3 is 2.96 bits per heavy atom. The second-order valence-corrected chi connectivity index (χ2v) is 6.33. The Labute approximate surface area is 150 Å². The number of nitrogens with two attached hydrogens (primary N) is 1. The van der Waals surface area contributed by atoms with E-state index in [2.05, 4.69) is 25.5 Å². The third-order valence-corrected chi connectivity index (χ3v) is 4.44. The van der Waals surface area contributed by atoms with E-state index in [0.29, 0.717) is 17.9 Å². The maximum Gasteiger partial charge on any atom is 0.256 e. The van der Waals surface area contributed by atoms with E-state index in [1.165, 1.54) is 0 Å². The number of hydrogen-bond acceptors (Lipinski definition) is 4. The van der Waals surface area contributed by atoms with E-state index < -0.39 is 0 Å². The lowest BCUT2D eigenvalue weighted by Gasteiger charge is -2.04. The number of carbonyl (C=O) groups is 1. The number of aromatic nitrogens is 4. The highest BCUT2D eigenvalue weighted by Gasteiger charge is 2.14. The van der Waals surface area contributed by atoms with Crippen LogP contribution in [0.1, 0.15) is 28.2 Å². The average Bonchev–Trinajstić information content (AvgIpc) is 3.23. The average molecular weight is 348 g/mol. The Kier molecular flexibility index (Phi) is 4.14. The molecule has 0 saturated carbocycles. The predicted octanol–water partition coefficient (Wildman–Crippen LogP) is 2.89. The summed E-state index contributed by atoms with van der Waals surface area (Å²) in [5, 5.41) is 11.0. The zero-order valence-electron chi connectivity index (χ0n) is 14.5. The Morgan fingerprint density at radius 2 is 2.12 bits per heavy atom. The van der Waals surface area contributed by atoms with Crippen molar-refractivity contribution in [3.8, 4) is 0 Å². The molecule has 0 radical (unpaired) electrons. The van der Waals surface area contributed by atoms with E-state index in [-0.39, 0.29) is 5.91 Å². The van der Waals surface area contributed by atoms with Gasteiger partial charge in [-0.05, 0) is 49.7 Å². The SMILES string of the molecule is Cc1cccc2[nH]nc(NC(=O)c3ccc4nc(CCCN)[nH]c4c3)c12. The first-order chi connectivity index (χ1) is 12.7. The summed E-state index contributed by atoms with van der Waals surface area (Å²) in [6.45, 7) is 2.62. The van der Waals surface area contributed by atoms with Gasteiger partial charge >= 0.3 is 0 Å². The molecule has 0 bridgehead atoms. The van der Waals surface area contributed by atoms with Crippen LogP contribution in [0.5, 0.6) is 0 Å². The zero-order chi connectivity index (χ0) is 18.1. The summed E-state index contributed by atoms with van der Waals surface area (Å²) in [6, 6.07) is 11.3. The molecule has 0 aliphatic heterocycles. The first-order valence-electron chi connectivity index (χ1n) is 8.59. The number of H-pyrrole nitrogens is 2. The van der Waals surface area contributed by atoms with E-state index >= 15 is 0 Å². The highest BCUT2D eigenvalue weighted by atomic mass is 16.1. The molecule has 0 saturated heterocycles. The predicted molar refractivity (Wildman–Crippen MR) is 102 cm³/mol. The van der Waals surface area contributed by atoms with E-state index in [1.807, 2.05) is 37.3 Å². The van der Waals surface area contributed by atoms with Crippen molar-refractivity contribution in [3.63, 3.8) is 0 Å². The van der Waals surface area contributed by atoms with E-state index in [9.17, 15) is 4.79 Å². The lowest BCUT2D eigenvalue weighted by molar-refractivity contribution is 0.102. The van der Waals surface area contributed by atoms with Gasteiger partial charge in [-0.25, -0.2) is 4.98 Å². The van der Waals surface area contributed by atoms with Gasteiger partial charge in [0.15, 0.2) is 5.82 Å². The standard InChI is InChI=1S/C19H20N6O/c1-11-4-2-5-14-17(11)18(25-24-14)23-19(26)12-7-8-13-15(10-12)22-16(21-13)6-3-9-20/h2,4-5,7-8,10H,3,6,9,20H2,1H3,(H,21,22)(H2,23,24,25,26). The molecule has 7 nitrogen and oxygen atoms in total. The van der Waals surface area contributed by atoms with Crippen molar-refractivity contribution in [1.82, 2.24) is 20.2 Å². The number of rotatable bonds is 5. The molecule has 0 spiro atoms. The first kappa shape index (κ1) is 16.3. The van der Waals surface area contributed by atoms with Gasteiger partial charge in [-0.15, -0.1) is 0 Å². The van der Waals surface area contributed by atoms with Crippen LogP contribution in [0.15, 0.2) is 36.4 Å². The minimum atomic E-state index is -0.207. The van der Waals surface area contributed by atoms with Gasteiger partial charge in [-0.3, -0.25) is 9.89 Å². The van der Waals surface area contributed by atoms with Crippen LogP contribution in [0.2, 0.25) is 0 Å². The molecule has 2 heterocycles. The fourth-order valence-electron chi connectivity index (χ4n) is 3.11. The maximum atomic E-state index is 12.7. The molecule has 26 heavy (non-hydrogen) atoms.